The van der Waals surface area contributed by atoms with Crippen molar-refractivity contribution in [2.45, 2.75) is 6.10 Å². The normalized spacial score (nSPS) is 12.6. The quantitative estimate of drug-likeness (QED) is 0.789. The van der Waals surface area contributed by atoms with Crippen LogP contribution in [-0.2, 0) is 0 Å². The first kappa shape index (κ1) is 11.8. The highest BCUT2D eigenvalue weighted by Crippen LogP contribution is 2.25. The fourth-order valence-electron chi connectivity index (χ4n) is 0.925. The number of halogens is 2. The SMILES string of the molecule is OC[C@@H](O)CNc1ccc(Br)cc1Cl. The van der Waals surface area contributed by atoms with Crippen molar-refractivity contribution in [1.82, 2.24) is 0 Å². The zero-order valence-electron chi connectivity index (χ0n) is 7.37. The van der Waals surface area contributed by atoms with Crippen LogP contribution in [0.25, 0.3) is 0 Å². The molecule has 3 N–H and O–H groups in total. The lowest BCUT2D eigenvalue weighted by Crippen LogP contribution is -2.22. The molecule has 0 aromatic heterocycles. The van der Waals surface area contributed by atoms with E-state index in [1.54, 1.807) is 12.1 Å². The summed E-state index contributed by atoms with van der Waals surface area (Å²) in [4.78, 5) is 0. The molecule has 1 aromatic carbocycles. The van der Waals surface area contributed by atoms with Gasteiger partial charge in [0.25, 0.3) is 0 Å². The first-order valence-corrected chi connectivity index (χ1v) is 5.28. The molecule has 0 aliphatic carbocycles. The van der Waals surface area contributed by atoms with Gasteiger partial charge in [-0.3, -0.25) is 0 Å². The maximum atomic E-state index is 9.10. The summed E-state index contributed by atoms with van der Waals surface area (Å²) in [7, 11) is 0. The lowest BCUT2D eigenvalue weighted by molar-refractivity contribution is 0.105. The topological polar surface area (TPSA) is 52.5 Å². The van der Waals surface area contributed by atoms with Crippen molar-refractivity contribution in [3.63, 3.8) is 0 Å². The van der Waals surface area contributed by atoms with Gasteiger partial charge in [0.1, 0.15) is 0 Å². The van der Waals surface area contributed by atoms with Crippen LogP contribution in [0.3, 0.4) is 0 Å². The number of anilines is 1. The number of aliphatic hydroxyl groups is 2. The molecule has 0 bridgehead atoms. The van der Waals surface area contributed by atoms with Crippen LogP contribution in [0.2, 0.25) is 5.02 Å². The van der Waals surface area contributed by atoms with Gasteiger partial charge >= 0.3 is 0 Å². The molecule has 0 amide bonds. The Morgan fingerprint density at radius 1 is 1.50 bits per heavy atom. The van der Waals surface area contributed by atoms with Crippen LogP contribution in [0.15, 0.2) is 22.7 Å². The Balaban J connectivity index is 2.59. The Morgan fingerprint density at radius 2 is 2.21 bits per heavy atom. The Morgan fingerprint density at radius 3 is 2.79 bits per heavy atom. The highest BCUT2D eigenvalue weighted by atomic mass is 79.9. The monoisotopic (exact) mass is 279 g/mol. The van der Waals surface area contributed by atoms with E-state index in [0.29, 0.717) is 5.02 Å². The lowest BCUT2D eigenvalue weighted by Gasteiger charge is -2.11. The highest BCUT2D eigenvalue weighted by Gasteiger charge is 2.04. The molecule has 1 rings (SSSR count). The van der Waals surface area contributed by atoms with Gasteiger partial charge in [-0.1, -0.05) is 27.5 Å². The third-order valence-corrected chi connectivity index (χ3v) is 2.48. The summed E-state index contributed by atoms with van der Waals surface area (Å²) in [5.74, 6) is 0. The van der Waals surface area contributed by atoms with Gasteiger partial charge in [-0.2, -0.15) is 0 Å². The molecule has 0 aliphatic rings. The van der Waals surface area contributed by atoms with Gasteiger partial charge in [-0.05, 0) is 18.2 Å². The lowest BCUT2D eigenvalue weighted by atomic mass is 10.3. The van der Waals surface area contributed by atoms with Gasteiger partial charge < -0.3 is 15.5 Å². The van der Waals surface area contributed by atoms with Gasteiger partial charge in [0.2, 0.25) is 0 Å². The molecule has 0 aliphatic heterocycles. The van der Waals surface area contributed by atoms with E-state index in [2.05, 4.69) is 21.2 Å². The average molecular weight is 281 g/mol. The fraction of sp³-hybridized carbons (Fsp3) is 0.333. The minimum Gasteiger partial charge on any atom is -0.394 e. The molecule has 78 valence electrons. The van der Waals surface area contributed by atoms with E-state index in [1.807, 2.05) is 6.07 Å². The number of nitrogens with one attached hydrogen (secondary N) is 1. The second-order valence-electron chi connectivity index (χ2n) is 2.84. The van der Waals surface area contributed by atoms with Crippen molar-refractivity contribution in [2.75, 3.05) is 18.5 Å². The Kier molecular flexibility index (Phi) is 4.68. The van der Waals surface area contributed by atoms with Gasteiger partial charge in [0.05, 0.1) is 23.4 Å². The van der Waals surface area contributed by atoms with Gasteiger partial charge in [-0.15, -0.1) is 0 Å². The molecule has 1 atom stereocenters. The minimum absolute atomic E-state index is 0.263. The first-order chi connectivity index (χ1) is 6.63. The van der Waals surface area contributed by atoms with E-state index < -0.39 is 6.10 Å². The third-order valence-electron chi connectivity index (χ3n) is 1.67. The van der Waals surface area contributed by atoms with Crippen molar-refractivity contribution < 1.29 is 10.2 Å². The second-order valence-corrected chi connectivity index (χ2v) is 4.16. The fourth-order valence-corrected chi connectivity index (χ4v) is 1.67. The van der Waals surface area contributed by atoms with E-state index >= 15 is 0 Å². The van der Waals surface area contributed by atoms with Gasteiger partial charge in [0, 0.05) is 11.0 Å². The largest absolute Gasteiger partial charge is 0.394 e. The highest BCUT2D eigenvalue weighted by molar-refractivity contribution is 9.10. The summed E-state index contributed by atoms with van der Waals surface area (Å²) < 4.78 is 0.899. The summed E-state index contributed by atoms with van der Waals surface area (Å²) in [5.41, 5.74) is 0.738. The van der Waals surface area contributed by atoms with Crippen LogP contribution in [0.1, 0.15) is 0 Å². The Hall–Kier alpha value is -0.290. The van der Waals surface area contributed by atoms with Crippen LogP contribution in [0, 0.1) is 0 Å². The number of hydrogen-bond acceptors (Lipinski definition) is 3. The van der Waals surface area contributed by atoms with Crippen molar-refractivity contribution >= 4 is 33.2 Å². The zero-order valence-corrected chi connectivity index (χ0v) is 9.72. The van der Waals surface area contributed by atoms with Crippen molar-refractivity contribution in [3.05, 3.63) is 27.7 Å². The molecular weight excluding hydrogens is 269 g/mol. The molecule has 0 radical (unpaired) electrons. The smallest absolute Gasteiger partial charge is 0.0942 e. The predicted molar refractivity (Wildman–Crippen MR) is 60.7 cm³/mol. The number of aliphatic hydroxyl groups excluding tert-OH is 2. The Labute approximate surface area is 95.8 Å². The number of hydrogen-bond donors (Lipinski definition) is 3. The standard InChI is InChI=1S/C9H11BrClNO2/c10-6-1-2-9(8(11)3-6)12-4-7(14)5-13/h1-3,7,12-14H,4-5H2/t7-/m0/s1. The molecule has 0 saturated carbocycles. The molecule has 5 heteroatoms. The maximum absolute atomic E-state index is 9.10. The minimum atomic E-state index is -0.769. The first-order valence-electron chi connectivity index (χ1n) is 4.11. The number of benzene rings is 1. The molecule has 0 saturated heterocycles. The molecule has 0 fully saturated rings. The third kappa shape index (κ3) is 3.46. The van der Waals surface area contributed by atoms with Crippen LogP contribution >= 0.6 is 27.5 Å². The molecule has 14 heavy (non-hydrogen) atoms. The number of rotatable bonds is 4. The van der Waals surface area contributed by atoms with Crippen LogP contribution in [0.5, 0.6) is 0 Å². The van der Waals surface area contributed by atoms with Crippen molar-refractivity contribution in [2.24, 2.45) is 0 Å². The van der Waals surface area contributed by atoms with E-state index in [1.165, 1.54) is 0 Å². The zero-order chi connectivity index (χ0) is 10.6. The van der Waals surface area contributed by atoms with E-state index in [9.17, 15) is 0 Å². The second kappa shape index (κ2) is 5.56. The van der Waals surface area contributed by atoms with Crippen molar-refractivity contribution in [1.29, 1.82) is 0 Å². The molecular formula is C9H11BrClNO2. The van der Waals surface area contributed by atoms with Crippen LogP contribution in [-0.4, -0.2) is 29.5 Å². The Bertz CT molecular complexity index is 309. The molecule has 3 nitrogen and oxygen atoms in total. The average Bonchev–Trinajstić information content (AvgIpc) is 2.16. The van der Waals surface area contributed by atoms with Crippen LogP contribution in [0.4, 0.5) is 5.69 Å². The summed E-state index contributed by atoms with van der Waals surface area (Å²) in [6, 6.07) is 5.41. The van der Waals surface area contributed by atoms with E-state index in [-0.39, 0.29) is 13.2 Å². The van der Waals surface area contributed by atoms with Crippen LogP contribution < -0.4 is 5.32 Å². The van der Waals surface area contributed by atoms with E-state index in [0.717, 1.165) is 10.2 Å². The molecule has 1 aromatic rings. The maximum Gasteiger partial charge on any atom is 0.0942 e. The predicted octanol–water partition coefficient (Wildman–Crippen LogP) is 1.87. The summed E-state index contributed by atoms with van der Waals surface area (Å²) in [5, 5.41) is 21.2. The summed E-state index contributed by atoms with van der Waals surface area (Å²) >= 11 is 9.21. The summed E-state index contributed by atoms with van der Waals surface area (Å²) in [6.07, 6.45) is -0.769. The van der Waals surface area contributed by atoms with Crippen molar-refractivity contribution in [3.8, 4) is 0 Å². The molecule has 0 spiro atoms. The van der Waals surface area contributed by atoms with Gasteiger partial charge in [0.15, 0.2) is 0 Å². The van der Waals surface area contributed by atoms with Gasteiger partial charge in [-0.25, -0.2) is 0 Å². The van der Waals surface area contributed by atoms with E-state index in [4.69, 9.17) is 21.8 Å². The molecule has 0 heterocycles. The molecule has 0 unspecified atom stereocenters. The summed E-state index contributed by atoms with van der Waals surface area (Å²) in [6.45, 7) is 0.0129.